The number of carbonyl (C=O) groups is 1. The molecule has 0 radical (unpaired) electrons. The molecule has 2 aromatic carbocycles. The van der Waals surface area contributed by atoms with Gasteiger partial charge in [-0.15, -0.1) is 0 Å². The lowest BCUT2D eigenvalue weighted by Crippen LogP contribution is -2.41. The number of hydrogen-bond acceptors (Lipinski definition) is 4. The fourth-order valence-corrected chi connectivity index (χ4v) is 3.99. The van der Waals surface area contributed by atoms with Gasteiger partial charge in [0.25, 0.3) is 0 Å². The van der Waals surface area contributed by atoms with Crippen molar-refractivity contribution in [1.29, 1.82) is 0 Å². The Hall–Kier alpha value is -3.13. The molecule has 152 valence electrons. The third kappa shape index (κ3) is 5.03. The topological polar surface area (TPSA) is 84.3 Å². The third-order valence-electron chi connectivity index (χ3n) is 4.64. The number of amides is 1. The monoisotopic (exact) mass is 412 g/mol. The van der Waals surface area contributed by atoms with E-state index in [2.05, 4.69) is 10.3 Å². The smallest absolute Gasteiger partial charge is 0.241 e. The van der Waals surface area contributed by atoms with Crippen molar-refractivity contribution < 1.29 is 13.2 Å². The molecule has 0 aliphatic carbocycles. The van der Waals surface area contributed by atoms with Crippen LogP contribution in [-0.2, 0) is 14.8 Å². The first-order valence-electron chi connectivity index (χ1n) is 9.16. The minimum absolute atomic E-state index is 0.266. The number of aromatic nitrogens is 2. The van der Waals surface area contributed by atoms with E-state index in [-0.39, 0.29) is 18.5 Å². The number of sulfonamides is 1. The largest absolute Gasteiger partial charge is 0.348 e. The van der Waals surface area contributed by atoms with Crippen molar-refractivity contribution in [3.8, 4) is 5.69 Å². The fraction of sp³-hybridized carbons (Fsp3) is 0.238. The van der Waals surface area contributed by atoms with Crippen LogP contribution in [0.3, 0.4) is 0 Å². The molecule has 29 heavy (non-hydrogen) atoms. The van der Waals surface area contributed by atoms with E-state index in [1.54, 1.807) is 24.7 Å². The molecule has 1 atom stereocenters. The van der Waals surface area contributed by atoms with Crippen molar-refractivity contribution in [2.45, 2.75) is 19.9 Å². The number of benzene rings is 2. The van der Waals surface area contributed by atoms with Crippen LogP contribution in [-0.4, -0.2) is 36.7 Å². The number of rotatable bonds is 7. The summed E-state index contributed by atoms with van der Waals surface area (Å²) < 4.78 is 27.5. The van der Waals surface area contributed by atoms with Gasteiger partial charge < -0.3 is 9.88 Å². The number of anilines is 1. The Labute approximate surface area is 171 Å². The fourth-order valence-electron chi connectivity index (χ4n) is 3.07. The number of carbonyl (C=O) groups excluding carboxylic acids is 1. The Morgan fingerprint density at radius 1 is 1.17 bits per heavy atom. The molecule has 1 amide bonds. The maximum atomic E-state index is 12.6. The standard InChI is InChI=1S/C21H24N4O3S/c1-16-6-4-5-7-20(16)25(29(3,27)28)14-21(26)23-17(2)18-8-10-19(11-9-18)24-13-12-22-15-24/h4-13,15,17H,14H2,1-3H3,(H,23,26)/t17-/m0/s1. The summed E-state index contributed by atoms with van der Waals surface area (Å²) in [5.74, 6) is -0.370. The molecule has 0 saturated carbocycles. The van der Waals surface area contributed by atoms with E-state index in [9.17, 15) is 13.2 Å². The van der Waals surface area contributed by atoms with Gasteiger partial charge in [-0.2, -0.15) is 0 Å². The maximum absolute atomic E-state index is 12.6. The highest BCUT2D eigenvalue weighted by Gasteiger charge is 2.23. The molecule has 0 fully saturated rings. The molecule has 7 nitrogen and oxygen atoms in total. The SMILES string of the molecule is Cc1ccccc1N(CC(=O)N[C@@H](C)c1ccc(-n2ccnc2)cc1)S(C)(=O)=O. The van der Waals surface area contributed by atoms with Crippen LogP contribution in [0.15, 0.2) is 67.3 Å². The third-order valence-corrected chi connectivity index (χ3v) is 5.77. The van der Waals surface area contributed by atoms with E-state index in [4.69, 9.17) is 0 Å². The number of hydrogen-bond donors (Lipinski definition) is 1. The van der Waals surface area contributed by atoms with E-state index >= 15 is 0 Å². The van der Waals surface area contributed by atoms with Gasteiger partial charge in [-0.3, -0.25) is 9.10 Å². The molecule has 3 rings (SSSR count). The summed E-state index contributed by atoms with van der Waals surface area (Å²) in [4.78, 5) is 16.6. The highest BCUT2D eigenvalue weighted by molar-refractivity contribution is 7.92. The summed E-state index contributed by atoms with van der Waals surface area (Å²) >= 11 is 0. The molecule has 0 aliphatic heterocycles. The van der Waals surface area contributed by atoms with Crippen LogP contribution in [0.25, 0.3) is 5.69 Å². The zero-order valence-corrected chi connectivity index (χ0v) is 17.4. The molecule has 3 aromatic rings. The first kappa shape index (κ1) is 20.6. The Morgan fingerprint density at radius 2 is 1.86 bits per heavy atom. The van der Waals surface area contributed by atoms with E-state index in [1.807, 2.05) is 61.0 Å². The summed E-state index contributed by atoms with van der Waals surface area (Å²) in [5.41, 5.74) is 3.17. The lowest BCUT2D eigenvalue weighted by Gasteiger charge is -2.24. The predicted molar refractivity (Wildman–Crippen MR) is 113 cm³/mol. The number of nitrogens with zero attached hydrogens (tertiary/aromatic N) is 3. The van der Waals surface area contributed by atoms with Crippen molar-refractivity contribution >= 4 is 21.6 Å². The van der Waals surface area contributed by atoms with E-state index in [0.29, 0.717) is 5.69 Å². The molecular weight excluding hydrogens is 388 g/mol. The first-order valence-corrected chi connectivity index (χ1v) is 11.0. The number of nitrogens with one attached hydrogen (secondary N) is 1. The molecular formula is C21H24N4O3S. The lowest BCUT2D eigenvalue weighted by atomic mass is 10.1. The second-order valence-electron chi connectivity index (χ2n) is 6.91. The van der Waals surface area contributed by atoms with Gasteiger partial charge in [0.2, 0.25) is 15.9 Å². The van der Waals surface area contributed by atoms with E-state index in [0.717, 1.165) is 27.4 Å². The summed E-state index contributed by atoms with van der Waals surface area (Å²) in [6.45, 7) is 3.40. The second kappa shape index (κ2) is 8.48. The van der Waals surface area contributed by atoms with E-state index < -0.39 is 10.0 Å². The van der Waals surface area contributed by atoms with Gasteiger partial charge >= 0.3 is 0 Å². The Bertz CT molecular complexity index is 1080. The van der Waals surface area contributed by atoms with Crippen LogP contribution < -0.4 is 9.62 Å². The molecule has 0 spiro atoms. The zero-order chi connectivity index (χ0) is 21.0. The lowest BCUT2D eigenvalue weighted by molar-refractivity contribution is -0.120. The highest BCUT2D eigenvalue weighted by Crippen LogP contribution is 2.22. The van der Waals surface area contributed by atoms with Gasteiger partial charge in [0.1, 0.15) is 6.54 Å². The summed E-state index contributed by atoms with van der Waals surface area (Å²) in [6, 6.07) is 14.6. The summed E-state index contributed by atoms with van der Waals surface area (Å²) in [5, 5.41) is 2.88. The van der Waals surface area contributed by atoms with Gasteiger partial charge in [0.15, 0.2) is 0 Å². The van der Waals surface area contributed by atoms with Crippen molar-refractivity contribution in [3.05, 3.63) is 78.4 Å². The average molecular weight is 413 g/mol. The maximum Gasteiger partial charge on any atom is 0.241 e. The van der Waals surface area contributed by atoms with Crippen molar-refractivity contribution in [2.24, 2.45) is 0 Å². The van der Waals surface area contributed by atoms with Crippen LogP contribution in [0.2, 0.25) is 0 Å². The molecule has 1 aromatic heterocycles. The molecule has 8 heteroatoms. The Balaban J connectivity index is 1.70. The van der Waals surface area contributed by atoms with Gasteiger partial charge in [-0.1, -0.05) is 30.3 Å². The van der Waals surface area contributed by atoms with Crippen LogP contribution in [0.1, 0.15) is 24.1 Å². The van der Waals surface area contributed by atoms with Gasteiger partial charge in [0, 0.05) is 18.1 Å². The number of aryl methyl sites for hydroxylation is 1. The molecule has 1 heterocycles. The van der Waals surface area contributed by atoms with Crippen LogP contribution in [0, 0.1) is 6.92 Å². The minimum Gasteiger partial charge on any atom is -0.348 e. The van der Waals surface area contributed by atoms with Crippen LogP contribution in [0.4, 0.5) is 5.69 Å². The summed E-state index contributed by atoms with van der Waals surface area (Å²) in [6.07, 6.45) is 6.38. The average Bonchev–Trinajstić information content (AvgIpc) is 3.21. The molecule has 0 aliphatic rings. The second-order valence-corrected chi connectivity index (χ2v) is 8.81. The van der Waals surface area contributed by atoms with Crippen molar-refractivity contribution in [2.75, 3.05) is 17.1 Å². The number of imidazole rings is 1. The van der Waals surface area contributed by atoms with E-state index in [1.165, 1.54) is 0 Å². The quantitative estimate of drug-likeness (QED) is 0.647. The highest BCUT2D eigenvalue weighted by atomic mass is 32.2. The predicted octanol–water partition coefficient (Wildman–Crippen LogP) is 2.82. The van der Waals surface area contributed by atoms with Crippen LogP contribution in [0.5, 0.6) is 0 Å². The molecule has 1 N–H and O–H groups in total. The molecule has 0 bridgehead atoms. The first-order chi connectivity index (χ1) is 13.8. The van der Waals surface area contributed by atoms with Gasteiger partial charge in [-0.05, 0) is 43.2 Å². The zero-order valence-electron chi connectivity index (χ0n) is 16.6. The minimum atomic E-state index is -3.60. The summed E-state index contributed by atoms with van der Waals surface area (Å²) in [7, 11) is -3.60. The molecule has 0 unspecified atom stereocenters. The Kier molecular flexibility index (Phi) is 6.03. The van der Waals surface area contributed by atoms with Gasteiger partial charge in [-0.25, -0.2) is 13.4 Å². The molecule has 0 saturated heterocycles. The van der Waals surface area contributed by atoms with Crippen LogP contribution >= 0.6 is 0 Å². The van der Waals surface area contributed by atoms with Crippen molar-refractivity contribution in [1.82, 2.24) is 14.9 Å². The Morgan fingerprint density at radius 3 is 2.45 bits per heavy atom. The van der Waals surface area contributed by atoms with Gasteiger partial charge in [0.05, 0.1) is 24.3 Å². The van der Waals surface area contributed by atoms with Crippen molar-refractivity contribution in [3.63, 3.8) is 0 Å². The normalized spacial score (nSPS) is 12.4. The number of para-hydroxylation sites is 1.